The Morgan fingerprint density at radius 2 is 1.94 bits per heavy atom. The lowest BCUT2D eigenvalue weighted by atomic mass is 10.0. The van der Waals surface area contributed by atoms with Crippen LogP contribution < -0.4 is 5.32 Å². The normalized spacial score (nSPS) is 16.3. The smallest absolute Gasteiger partial charge is 0.262 e. The summed E-state index contributed by atoms with van der Waals surface area (Å²) in [4.78, 5) is 26.8. The number of methoxy groups -OCH3 is 1. The van der Waals surface area contributed by atoms with Gasteiger partial charge >= 0.3 is 0 Å². The number of aromatic nitrogens is 1. The average molecular weight is 429 g/mol. The van der Waals surface area contributed by atoms with E-state index in [9.17, 15) is 14.9 Å². The van der Waals surface area contributed by atoms with E-state index in [1.165, 1.54) is 0 Å². The minimum atomic E-state index is -0.357. The highest BCUT2D eigenvalue weighted by Gasteiger charge is 2.25. The number of nitrogens with zero attached hydrogens (tertiary/aromatic N) is 3. The van der Waals surface area contributed by atoms with E-state index >= 15 is 0 Å². The summed E-state index contributed by atoms with van der Waals surface area (Å²) in [6, 6.07) is 4.18. The second kappa shape index (κ2) is 11.1. The molecule has 2 amide bonds. The van der Waals surface area contributed by atoms with E-state index in [2.05, 4.69) is 16.8 Å². The fraction of sp³-hybridized carbons (Fsp3) is 0.625. The summed E-state index contributed by atoms with van der Waals surface area (Å²) in [6.45, 7) is 12.0. The predicted octanol–water partition coefficient (Wildman–Crippen LogP) is 3.37. The first-order chi connectivity index (χ1) is 14.7. The molecule has 1 aromatic heterocycles. The molecular formula is C24H36N4O3. The van der Waals surface area contributed by atoms with Crippen LogP contribution in [0.2, 0.25) is 0 Å². The molecule has 1 aliphatic rings. The van der Waals surface area contributed by atoms with E-state index in [-0.39, 0.29) is 29.5 Å². The predicted molar refractivity (Wildman–Crippen MR) is 121 cm³/mol. The molecule has 1 saturated heterocycles. The number of nitrogens with one attached hydrogen (secondary N) is 1. The van der Waals surface area contributed by atoms with E-state index in [0.717, 1.165) is 17.0 Å². The van der Waals surface area contributed by atoms with Crippen molar-refractivity contribution in [3.63, 3.8) is 0 Å². The van der Waals surface area contributed by atoms with Crippen LogP contribution in [-0.2, 0) is 14.3 Å². The zero-order valence-corrected chi connectivity index (χ0v) is 19.7. The number of piperidine rings is 1. The standard InChI is InChI=1S/C24H36N4O3/c1-16(2)11-23(29)27-9-7-22(8-10-27)26-24(30)21(14-25)13-20-12-17(3)28(19(20)5)18(4)15-31-6/h12-13,16,18,22H,7-11,15H2,1-6H3,(H,26,30)/b21-13-. The molecule has 0 radical (unpaired) electrons. The van der Waals surface area contributed by atoms with Crippen LogP contribution in [0.1, 0.15) is 63.0 Å². The first kappa shape index (κ1) is 24.7. The van der Waals surface area contributed by atoms with Gasteiger partial charge in [0.25, 0.3) is 5.91 Å². The molecule has 0 bridgehead atoms. The Labute approximate surface area is 186 Å². The molecule has 2 heterocycles. The summed E-state index contributed by atoms with van der Waals surface area (Å²) < 4.78 is 7.42. The van der Waals surface area contributed by atoms with Crippen LogP contribution in [0.5, 0.6) is 0 Å². The van der Waals surface area contributed by atoms with Crippen LogP contribution >= 0.6 is 0 Å². The largest absolute Gasteiger partial charge is 0.383 e. The van der Waals surface area contributed by atoms with Crippen LogP contribution in [0.4, 0.5) is 0 Å². The molecule has 1 N–H and O–H groups in total. The second-order valence-electron chi connectivity index (χ2n) is 8.90. The van der Waals surface area contributed by atoms with Crippen molar-refractivity contribution in [2.75, 3.05) is 26.8 Å². The van der Waals surface area contributed by atoms with Gasteiger partial charge in [-0.05, 0) is 57.2 Å². The molecule has 31 heavy (non-hydrogen) atoms. The van der Waals surface area contributed by atoms with Crippen molar-refractivity contribution in [1.82, 2.24) is 14.8 Å². The van der Waals surface area contributed by atoms with Gasteiger partial charge in [0.15, 0.2) is 0 Å². The first-order valence-corrected chi connectivity index (χ1v) is 11.1. The zero-order valence-electron chi connectivity index (χ0n) is 19.7. The van der Waals surface area contributed by atoms with Gasteiger partial charge in [0.2, 0.25) is 5.91 Å². The summed E-state index contributed by atoms with van der Waals surface area (Å²) in [5.41, 5.74) is 3.02. The lowest BCUT2D eigenvalue weighted by molar-refractivity contribution is -0.133. The third-order valence-corrected chi connectivity index (χ3v) is 5.80. The molecule has 7 nitrogen and oxygen atoms in total. The van der Waals surface area contributed by atoms with Gasteiger partial charge in [-0.15, -0.1) is 0 Å². The number of likely N-dealkylation sites (tertiary alicyclic amines) is 1. The van der Waals surface area contributed by atoms with Crippen molar-refractivity contribution < 1.29 is 14.3 Å². The van der Waals surface area contributed by atoms with Crippen LogP contribution in [0, 0.1) is 31.1 Å². The Morgan fingerprint density at radius 3 is 2.48 bits per heavy atom. The lowest BCUT2D eigenvalue weighted by Crippen LogP contribution is -2.47. The van der Waals surface area contributed by atoms with Gasteiger partial charge in [0.05, 0.1) is 12.6 Å². The van der Waals surface area contributed by atoms with E-state index in [1.807, 2.05) is 44.7 Å². The van der Waals surface area contributed by atoms with Crippen LogP contribution in [0.3, 0.4) is 0 Å². The molecule has 1 unspecified atom stereocenters. The summed E-state index contributed by atoms with van der Waals surface area (Å²) in [5, 5.41) is 12.6. The summed E-state index contributed by atoms with van der Waals surface area (Å²) in [5.74, 6) is 0.160. The number of ether oxygens (including phenoxy) is 1. The Morgan fingerprint density at radius 1 is 1.29 bits per heavy atom. The highest BCUT2D eigenvalue weighted by Crippen LogP contribution is 2.23. The van der Waals surface area contributed by atoms with E-state index in [1.54, 1.807) is 13.2 Å². The first-order valence-electron chi connectivity index (χ1n) is 11.1. The third kappa shape index (κ3) is 6.44. The van der Waals surface area contributed by atoms with Gasteiger partial charge in [-0.2, -0.15) is 5.26 Å². The topological polar surface area (TPSA) is 87.4 Å². The van der Waals surface area contributed by atoms with Gasteiger partial charge < -0.3 is 19.5 Å². The number of carbonyl (C=O) groups is 2. The fourth-order valence-corrected chi connectivity index (χ4v) is 4.26. The van der Waals surface area contributed by atoms with E-state index < -0.39 is 0 Å². The van der Waals surface area contributed by atoms with E-state index in [4.69, 9.17) is 4.74 Å². The molecule has 1 fully saturated rings. The molecule has 0 aliphatic carbocycles. The van der Waals surface area contributed by atoms with Gasteiger partial charge in [-0.1, -0.05) is 13.8 Å². The maximum Gasteiger partial charge on any atom is 0.262 e. The molecule has 0 spiro atoms. The number of amides is 2. The second-order valence-corrected chi connectivity index (χ2v) is 8.90. The Bertz CT molecular complexity index is 855. The highest BCUT2D eigenvalue weighted by molar-refractivity contribution is 6.02. The molecular weight excluding hydrogens is 392 g/mol. The minimum absolute atomic E-state index is 0.0264. The number of aryl methyl sites for hydroxylation is 1. The van der Waals surface area contributed by atoms with Gasteiger partial charge in [0.1, 0.15) is 11.6 Å². The van der Waals surface area contributed by atoms with Crippen molar-refractivity contribution in [2.24, 2.45) is 5.92 Å². The quantitative estimate of drug-likeness (QED) is 0.508. The number of rotatable bonds is 8. The molecule has 7 heteroatoms. The van der Waals surface area contributed by atoms with Crippen LogP contribution in [-0.4, -0.2) is 54.1 Å². The highest BCUT2D eigenvalue weighted by atomic mass is 16.5. The summed E-state index contributed by atoms with van der Waals surface area (Å²) in [7, 11) is 1.67. The summed E-state index contributed by atoms with van der Waals surface area (Å²) in [6.07, 6.45) is 3.63. The fourth-order valence-electron chi connectivity index (χ4n) is 4.26. The third-order valence-electron chi connectivity index (χ3n) is 5.80. The monoisotopic (exact) mass is 428 g/mol. The van der Waals surface area contributed by atoms with Gasteiger partial charge in [-0.25, -0.2) is 0 Å². The molecule has 2 rings (SSSR count). The Balaban J connectivity index is 2.04. The van der Waals surface area contributed by atoms with Gasteiger partial charge in [-0.3, -0.25) is 9.59 Å². The number of carbonyl (C=O) groups excluding carboxylic acids is 2. The average Bonchev–Trinajstić information content (AvgIpc) is 2.99. The zero-order chi connectivity index (χ0) is 23.1. The van der Waals surface area contributed by atoms with Crippen molar-refractivity contribution in [3.8, 4) is 6.07 Å². The number of hydrogen-bond donors (Lipinski definition) is 1. The lowest BCUT2D eigenvalue weighted by Gasteiger charge is -2.32. The minimum Gasteiger partial charge on any atom is -0.383 e. The molecule has 0 aromatic carbocycles. The van der Waals surface area contributed by atoms with Gasteiger partial charge in [0, 0.05) is 44.0 Å². The van der Waals surface area contributed by atoms with Crippen molar-refractivity contribution in [2.45, 2.75) is 66.0 Å². The maximum absolute atomic E-state index is 12.7. The molecule has 0 saturated carbocycles. The maximum atomic E-state index is 12.7. The van der Waals surface area contributed by atoms with E-state index in [0.29, 0.717) is 44.9 Å². The SMILES string of the molecule is COCC(C)n1c(C)cc(/C=C(/C#N)C(=O)NC2CCN(C(=O)CC(C)C)CC2)c1C. The molecule has 1 aromatic rings. The molecule has 1 aliphatic heterocycles. The molecule has 1 atom stereocenters. The van der Waals surface area contributed by atoms with Crippen molar-refractivity contribution >= 4 is 17.9 Å². The Kier molecular flexibility index (Phi) is 8.88. The number of nitriles is 1. The van der Waals surface area contributed by atoms with Crippen LogP contribution in [0.25, 0.3) is 6.08 Å². The summed E-state index contributed by atoms with van der Waals surface area (Å²) >= 11 is 0. The van der Waals surface area contributed by atoms with Crippen molar-refractivity contribution in [1.29, 1.82) is 5.26 Å². The molecule has 170 valence electrons. The Hall–Kier alpha value is -2.59. The van der Waals surface area contributed by atoms with Crippen LogP contribution in [0.15, 0.2) is 11.6 Å². The number of hydrogen-bond acceptors (Lipinski definition) is 4. The van der Waals surface area contributed by atoms with Crippen molar-refractivity contribution in [3.05, 3.63) is 28.6 Å².